The SMILES string of the molecule is CC1=C(C(=O)N(C)C)C(c2ccccc2F)NC(=S)N1C. The number of hydrogen-bond acceptors (Lipinski definition) is 2. The number of halogens is 1. The van der Waals surface area contributed by atoms with Crippen LogP contribution in [0.2, 0.25) is 0 Å². The van der Waals surface area contributed by atoms with Crippen LogP contribution in [0.25, 0.3) is 0 Å². The first-order valence-corrected chi connectivity index (χ1v) is 6.96. The van der Waals surface area contributed by atoms with Crippen LogP contribution in [0.3, 0.4) is 0 Å². The topological polar surface area (TPSA) is 35.6 Å². The van der Waals surface area contributed by atoms with Gasteiger partial charge >= 0.3 is 0 Å². The molecule has 0 aromatic heterocycles. The number of nitrogens with one attached hydrogen (secondary N) is 1. The second-order valence-corrected chi connectivity index (χ2v) is 5.55. The van der Waals surface area contributed by atoms with E-state index in [1.54, 1.807) is 44.2 Å². The fraction of sp³-hybridized carbons (Fsp3) is 0.333. The van der Waals surface area contributed by atoms with E-state index in [-0.39, 0.29) is 11.7 Å². The van der Waals surface area contributed by atoms with E-state index in [2.05, 4.69) is 5.32 Å². The van der Waals surface area contributed by atoms with Gasteiger partial charge in [-0.2, -0.15) is 0 Å². The lowest BCUT2D eigenvalue weighted by Crippen LogP contribution is -2.47. The molecule has 21 heavy (non-hydrogen) atoms. The number of benzene rings is 1. The third-order valence-corrected chi connectivity index (χ3v) is 4.00. The van der Waals surface area contributed by atoms with E-state index in [0.717, 1.165) is 5.70 Å². The number of likely N-dealkylation sites (N-methyl/N-ethyl adjacent to an activating group) is 1. The van der Waals surface area contributed by atoms with Gasteiger partial charge in [0.1, 0.15) is 5.82 Å². The summed E-state index contributed by atoms with van der Waals surface area (Å²) in [7, 11) is 5.13. The molecule has 0 saturated heterocycles. The largest absolute Gasteiger partial charge is 0.351 e. The van der Waals surface area contributed by atoms with Crippen LogP contribution < -0.4 is 5.32 Å². The zero-order valence-electron chi connectivity index (χ0n) is 12.5. The Balaban J connectivity index is 2.60. The first-order valence-electron chi connectivity index (χ1n) is 6.55. The molecule has 1 unspecified atom stereocenters. The van der Waals surface area contributed by atoms with Gasteiger partial charge in [-0.3, -0.25) is 4.79 Å². The van der Waals surface area contributed by atoms with Crippen LogP contribution in [-0.4, -0.2) is 42.0 Å². The number of carbonyl (C=O) groups is 1. The van der Waals surface area contributed by atoms with Crippen LogP contribution in [0.4, 0.5) is 4.39 Å². The van der Waals surface area contributed by atoms with Gasteiger partial charge in [0.2, 0.25) is 0 Å². The molecule has 1 aliphatic heterocycles. The number of rotatable bonds is 2. The zero-order chi connectivity index (χ0) is 15.7. The van der Waals surface area contributed by atoms with E-state index in [9.17, 15) is 9.18 Å². The number of hydrogen-bond donors (Lipinski definition) is 1. The monoisotopic (exact) mass is 307 g/mol. The third-order valence-electron chi connectivity index (χ3n) is 3.61. The highest BCUT2D eigenvalue weighted by atomic mass is 32.1. The second kappa shape index (κ2) is 5.81. The number of nitrogens with zero attached hydrogens (tertiary/aromatic N) is 2. The van der Waals surface area contributed by atoms with Gasteiger partial charge in [0, 0.05) is 32.4 Å². The van der Waals surface area contributed by atoms with Gasteiger partial charge in [-0.15, -0.1) is 0 Å². The molecule has 1 aliphatic rings. The Bertz CT molecular complexity index is 627. The van der Waals surface area contributed by atoms with Crippen molar-refractivity contribution in [3.05, 3.63) is 46.9 Å². The molecule has 4 nitrogen and oxygen atoms in total. The van der Waals surface area contributed by atoms with Gasteiger partial charge in [-0.25, -0.2) is 4.39 Å². The van der Waals surface area contributed by atoms with Crippen LogP contribution in [0.15, 0.2) is 35.5 Å². The van der Waals surface area contributed by atoms with Crippen molar-refractivity contribution >= 4 is 23.2 Å². The lowest BCUT2D eigenvalue weighted by molar-refractivity contribution is -0.125. The lowest BCUT2D eigenvalue weighted by Gasteiger charge is -2.36. The zero-order valence-corrected chi connectivity index (χ0v) is 13.3. The predicted molar refractivity (Wildman–Crippen MR) is 84.0 cm³/mol. The maximum atomic E-state index is 14.1. The van der Waals surface area contributed by atoms with Crippen molar-refractivity contribution < 1.29 is 9.18 Å². The Morgan fingerprint density at radius 3 is 2.57 bits per heavy atom. The molecule has 6 heteroatoms. The van der Waals surface area contributed by atoms with E-state index in [1.807, 2.05) is 6.92 Å². The minimum absolute atomic E-state index is 0.164. The summed E-state index contributed by atoms with van der Waals surface area (Å²) in [4.78, 5) is 15.7. The van der Waals surface area contributed by atoms with Gasteiger partial charge in [-0.1, -0.05) is 18.2 Å². The fourth-order valence-corrected chi connectivity index (χ4v) is 2.55. The quantitative estimate of drug-likeness (QED) is 0.848. The number of amides is 1. The summed E-state index contributed by atoms with van der Waals surface area (Å²) in [6.07, 6.45) is 0. The van der Waals surface area contributed by atoms with Gasteiger partial charge in [0.25, 0.3) is 5.91 Å². The summed E-state index contributed by atoms with van der Waals surface area (Å²) in [6.45, 7) is 1.82. The Kier molecular flexibility index (Phi) is 4.27. The average molecular weight is 307 g/mol. The van der Waals surface area contributed by atoms with Crippen molar-refractivity contribution in [3.8, 4) is 0 Å². The van der Waals surface area contributed by atoms with Crippen LogP contribution in [0.1, 0.15) is 18.5 Å². The molecule has 1 aromatic carbocycles. The minimum Gasteiger partial charge on any atom is -0.351 e. The number of carbonyl (C=O) groups excluding carboxylic acids is 1. The average Bonchev–Trinajstić information content (AvgIpc) is 2.44. The Labute approximate surface area is 129 Å². The van der Waals surface area contributed by atoms with Gasteiger partial charge in [0.15, 0.2) is 5.11 Å². The highest BCUT2D eigenvalue weighted by Gasteiger charge is 2.34. The summed E-state index contributed by atoms with van der Waals surface area (Å²) in [5.74, 6) is -0.526. The van der Waals surface area contributed by atoms with Crippen LogP contribution in [0, 0.1) is 5.82 Å². The molecule has 0 fully saturated rings. The Hall–Kier alpha value is -1.95. The highest BCUT2D eigenvalue weighted by Crippen LogP contribution is 2.31. The molecule has 0 saturated carbocycles. The standard InChI is InChI=1S/C15H18FN3OS/c1-9-12(14(20)18(2)3)13(17-15(21)19(9)4)10-7-5-6-8-11(10)16/h5-8,13H,1-4H3,(H,17,21). The van der Waals surface area contributed by atoms with Gasteiger partial charge < -0.3 is 15.1 Å². The maximum Gasteiger partial charge on any atom is 0.253 e. The van der Waals surface area contributed by atoms with Crippen molar-refractivity contribution in [1.29, 1.82) is 0 Å². The second-order valence-electron chi connectivity index (χ2n) is 5.16. The molecule has 2 rings (SSSR count). The predicted octanol–water partition coefficient (Wildman–Crippen LogP) is 2.05. The van der Waals surface area contributed by atoms with E-state index in [1.165, 1.54) is 11.0 Å². The maximum absolute atomic E-state index is 14.1. The van der Waals surface area contributed by atoms with Crippen molar-refractivity contribution in [2.45, 2.75) is 13.0 Å². The molecule has 1 amide bonds. The number of allylic oxidation sites excluding steroid dienone is 1. The Morgan fingerprint density at radius 1 is 1.38 bits per heavy atom. The lowest BCUT2D eigenvalue weighted by atomic mass is 9.94. The van der Waals surface area contributed by atoms with Crippen LogP contribution >= 0.6 is 12.2 Å². The van der Waals surface area contributed by atoms with Crippen LogP contribution in [0.5, 0.6) is 0 Å². The molecule has 1 N–H and O–H groups in total. The van der Waals surface area contributed by atoms with Gasteiger partial charge in [0.05, 0.1) is 11.6 Å². The summed E-state index contributed by atoms with van der Waals surface area (Å²) < 4.78 is 14.1. The van der Waals surface area contributed by atoms with E-state index >= 15 is 0 Å². The summed E-state index contributed by atoms with van der Waals surface area (Å²) in [6, 6.07) is 5.83. The molecule has 0 bridgehead atoms. The van der Waals surface area contributed by atoms with Crippen LogP contribution in [-0.2, 0) is 4.79 Å². The van der Waals surface area contributed by atoms with E-state index in [4.69, 9.17) is 12.2 Å². The van der Waals surface area contributed by atoms with Gasteiger partial charge in [-0.05, 0) is 25.2 Å². The van der Waals surface area contributed by atoms with E-state index in [0.29, 0.717) is 16.2 Å². The molecular formula is C15H18FN3OS. The smallest absolute Gasteiger partial charge is 0.253 e. The summed E-state index contributed by atoms with van der Waals surface area (Å²) >= 11 is 5.26. The molecular weight excluding hydrogens is 289 g/mol. The third kappa shape index (κ3) is 2.76. The molecule has 1 aromatic rings. The molecule has 112 valence electrons. The minimum atomic E-state index is -0.579. The first kappa shape index (κ1) is 15.4. The molecule has 0 spiro atoms. The van der Waals surface area contributed by atoms with Crippen molar-refractivity contribution in [1.82, 2.24) is 15.1 Å². The Morgan fingerprint density at radius 2 is 2.00 bits per heavy atom. The van der Waals surface area contributed by atoms with Crippen molar-refractivity contribution in [2.75, 3.05) is 21.1 Å². The van der Waals surface area contributed by atoms with Crippen molar-refractivity contribution in [3.63, 3.8) is 0 Å². The summed E-state index contributed by atoms with van der Waals surface area (Å²) in [5.41, 5.74) is 1.64. The van der Waals surface area contributed by atoms with Crippen molar-refractivity contribution in [2.24, 2.45) is 0 Å². The molecule has 1 heterocycles. The molecule has 1 atom stereocenters. The number of thiocarbonyl (C=S) groups is 1. The highest BCUT2D eigenvalue weighted by molar-refractivity contribution is 7.80. The summed E-state index contributed by atoms with van der Waals surface area (Å²) in [5, 5.41) is 3.52. The molecule has 0 radical (unpaired) electrons. The normalized spacial score (nSPS) is 18.6. The fourth-order valence-electron chi connectivity index (χ4n) is 2.30. The first-order chi connectivity index (χ1) is 9.84. The molecule has 0 aliphatic carbocycles. The van der Waals surface area contributed by atoms with E-state index < -0.39 is 6.04 Å².